The molecule has 0 fully saturated rings. The van der Waals surface area contributed by atoms with Crippen LogP contribution in [0, 0.1) is 17.3 Å². The van der Waals surface area contributed by atoms with Crippen molar-refractivity contribution in [1.82, 2.24) is 0 Å². The van der Waals surface area contributed by atoms with E-state index < -0.39 is 0 Å². The van der Waals surface area contributed by atoms with Gasteiger partial charge in [-0.15, -0.1) is 0 Å². The fraction of sp³-hybridized carbons (Fsp3) is 1.00. The molecule has 0 radical (unpaired) electrons. The van der Waals surface area contributed by atoms with Crippen molar-refractivity contribution >= 4 is 0 Å². The fourth-order valence-electron chi connectivity index (χ4n) is 1.90. The molecule has 0 aromatic rings. The predicted octanol–water partition coefficient (Wildman–Crippen LogP) is 4.89. The molecule has 0 aliphatic rings. The summed E-state index contributed by atoms with van der Waals surface area (Å²) in [5.74, 6) is 1.81. The van der Waals surface area contributed by atoms with E-state index in [1.54, 1.807) is 0 Å². The van der Waals surface area contributed by atoms with Gasteiger partial charge in [-0.3, -0.25) is 0 Å². The van der Waals surface area contributed by atoms with E-state index in [1.165, 1.54) is 25.7 Å². The third kappa shape index (κ3) is 7.10. The lowest BCUT2D eigenvalue weighted by Crippen LogP contribution is -2.10. The Morgan fingerprint density at radius 3 is 1.92 bits per heavy atom. The average molecular weight is 184 g/mol. The van der Waals surface area contributed by atoms with Gasteiger partial charge in [0.25, 0.3) is 0 Å². The molecular weight excluding hydrogens is 156 g/mol. The molecule has 0 amide bonds. The Kier molecular flexibility index (Phi) is 5.67. The molecule has 0 aliphatic heterocycles. The van der Waals surface area contributed by atoms with Gasteiger partial charge in [0.2, 0.25) is 0 Å². The Bertz CT molecular complexity index is 116. The first kappa shape index (κ1) is 13.0. The average Bonchev–Trinajstić information content (AvgIpc) is 1.95. The molecule has 0 rings (SSSR count). The maximum atomic E-state index is 2.35. The monoisotopic (exact) mass is 184 g/mol. The van der Waals surface area contributed by atoms with E-state index in [9.17, 15) is 0 Å². The minimum atomic E-state index is 0.523. The van der Waals surface area contributed by atoms with E-state index in [0.29, 0.717) is 5.41 Å². The van der Waals surface area contributed by atoms with Gasteiger partial charge in [-0.05, 0) is 23.7 Å². The highest BCUT2D eigenvalue weighted by Gasteiger charge is 2.14. The van der Waals surface area contributed by atoms with E-state index in [2.05, 4.69) is 41.5 Å². The molecule has 80 valence electrons. The molecule has 0 saturated heterocycles. The lowest BCUT2D eigenvalue weighted by Gasteiger charge is -2.22. The largest absolute Gasteiger partial charge is 0.0651 e. The minimum absolute atomic E-state index is 0.523. The Hall–Kier alpha value is 0. The van der Waals surface area contributed by atoms with Crippen LogP contribution in [-0.4, -0.2) is 0 Å². The SMILES string of the molecule is CCC(CCCC(C)(C)C)C(C)C. The van der Waals surface area contributed by atoms with Crippen molar-refractivity contribution in [3.05, 3.63) is 0 Å². The zero-order valence-corrected chi connectivity index (χ0v) is 10.5. The highest BCUT2D eigenvalue weighted by molar-refractivity contribution is 4.66. The van der Waals surface area contributed by atoms with E-state index in [-0.39, 0.29) is 0 Å². The normalized spacial score (nSPS) is 15.0. The van der Waals surface area contributed by atoms with Gasteiger partial charge in [0.15, 0.2) is 0 Å². The van der Waals surface area contributed by atoms with Crippen LogP contribution in [0.3, 0.4) is 0 Å². The highest BCUT2D eigenvalue weighted by Crippen LogP contribution is 2.26. The van der Waals surface area contributed by atoms with Crippen LogP contribution >= 0.6 is 0 Å². The van der Waals surface area contributed by atoms with Crippen molar-refractivity contribution in [3.8, 4) is 0 Å². The van der Waals surface area contributed by atoms with Crippen LogP contribution in [0.2, 0.25) is 0 Å². The standard InChI is InChI=1S/C13H28/c1-7-12(11(2)3)9-8-10-13(4,5)6/h11-12H,7-10H2,1-6H3. The van der Waals surface area contributed by atoms with Gasteiger partial charge in [0.05, 0.1) is 0 Å². The summed E-state index contributed by atoms with van der Waals surface area (Å²) in [5.41, 5.74) is 0.523. The summed E-state index contributed by atoms with van der Waals surface area (Å²) in [7, 11) is 0. The Labute approximate surface area is 85.1 Å². The first-order valence-electron chi connectivity index (χ1n) is 5.87. The summed E-state index contributed by atoms with van der Waals surface area (Å²) >= 11 is 0. The van der Waals surface area contributed by atoms with Gasteiger partial charge < -0.3 is 0 Å². The van der Waals surface area contributed by atoms with E-state index >= 15 is 0 Å². The summed E-state index contributed by atoms with van der Waals surface area (Å²) in [6.07, 6.45) is 5.55. The maximum absolute atomic E-state index is 2.35. The molecule has 0 aliphatic carbocycles. The summed E-state index contributed by atoms with van der Waals surface area (Å²) in [5, 5.41) is 0. The van der Waals surface area contributed by atoms with Crippen molar-refractivity contribution < 1.29 is 0 Å². The molecule has 0 bridgehead atoms. The van der Waals surface area contributed by atoms with Gasteiger partial charge in [0, 0.05) is 0 Å². The number of rotatable bonds is 5. The fourth-order valence-corrected chi connectivity index (χ4v) is 1.90. The third-order valence-electron chi connectivity index (χ3n) is 2.97. The maximum Gasteiger partial charge on any atom is -0.0383 e. The second kappa shape index (κ2) is 5.67. The molecule has 0 nitrogen and oxygen atoms in total. The Balaban J connectivity index is 3.62. The van der Waals surface area contributed by atoms with Crippen molar-refractivity contribution in [3.63, 3.8) is 0 Å². The molecule has 0 aromatic carbocycles. The van der Waals surface area contributed by atoms with Crippen molar-refractivity contribution in [2.24, 2.45) is 17.3 Å². The van der Waals surface area contributed by atoms with Crippen LogP contribution in [-0.2, 0) is 0 Å². The topological polar surface area (TPSA) is 0 Å². The lowest BCUT2D eigenvalue weighted by molar-refractivity contribution is 0.296. The second-order valence-corrected chi connectivity index (χ2v) is 5.87. The molecule has 1 unspecified atom stereocenters. The number of hydrogen-bond donors (Lipinski definition) is 0. The molecule has 0 N–H and O–H groups in total. The van der Waals surface area contributed by atoms with Gasteiger partial charge >= 0.3 is 0 Å². The highest BCUT2D eigenvalue weighted by atomic mass is 14.2. The minimum Gasteiger partial charge on any atom is -0.0651 e. The van der Waals surface area contributed by atoms with E-state index in [4.69, 9.17) is 0 Å². The molecule has 0 aromatic heterocycles. The Morgan fingerprint density at radius 1 is 1.08 bits per heavy atom. The van der Waals surface area contributed by atoms with Crippen molar-refractivity contribution in [2.45, 2.75) is 67.2 Å². The molecular formula is C13H28. The zero-order chi connectivity index (χ0) is 10.5. The predicted molar refractivity (Wildman–Crippen MR) is 61.9 cm³/mol. The molecule has 0 saturated carbocycles. The van der Waals surface area contributed by atoms with Crippen LogP contribution < -0.4 is 0 Å². The summed E-state index contributed by atoms with van der Waals surface area (Å²) < 4.78 is 0. The smallest absolute Gasteiger partial charge is 0.0383 e. The molecule has 1 atom stereocenters. The first-order valence-corrected chi connectivity index (χ1v) is 5.87. The van der Waals surface area contributed by atoms with Crippen LogP contribution in [0.1, 0.15) is 67.2 Å². The first-order chi connectivity index (χ1) is 5.87. The zero-order valence-electron chi connectivity index (χ0n) is 10.5. The third-order valence-corrected chi connectivity index (χ3v) is 2.97. The van der Waals surface area contributed by atoms with Crippen molar-refractivity contribution in [2.75, 3.05) is 0 Å². The molecule has 0 heteroatoms. The summed E-state index contributed by atoms with van der Waals surface area (Å²) in [6, 6.07) is 0. The van der Waals surface area contributed by atoms with Crippen molar-refractivity contribution in [1.29, 1.82) is 0 Å². The van der Waals surface area contributed by atoms with Crippen LogP contribution in [0.4, 0.5) is 0 Å². The van der Waals surface area contributed by atoms with E-state index in [0.717, 1.165) is 11.8 Å². The van der Waals surface area contributed by atoms with Crippen LogP contribution in [0.5, 0.6) is 0 Å². The van der Waals surface area contributed by atoms with Crippen LogP contribution in [0.25, 0.3) is 0 Å². The van der Waals surface area contributed by atoms with Gasteiger partial charge in [0.1, 0.15) is 0 Å². The number of hydrogen-bond acceptors (Lipinski definition) is 0. The van der Waals surface area contributed by atoms with Gasteiger partial charge in [-0.1, -0.05) is 60.8 Å². The quantitative estimate of drug-likeness (QED) is 0.571. The van der Waals surface area contributed by atoms with Gasteiger partial charge in [-0.25, -0.2) is 0 Å². The summed E-state index contributed by atoms with van der Waals surface area (Å²) in [4.78, 5) is 0. The van der Waals surface area contributed by atoms with Crippen LogP contribution in [0.15, 0.2) is 0 Å². The van der Waals surface area contributed by atoms with E-state index in [1.807, 2.05) is 0 Å². The van der Waals surface area contributed by atoms with Gasteiger partial charge in [-0.2, -0.15) is 0 Å². The molecule has 13 heavy (non-hydrogen) atoms. The molecule has 0 heterocycles. The second-order valence-electron chi connectivity index (χ2n) is 5.87. The Morgan fingerprint density at radius 2 is 1.62 bits per heavy atom. The lowest BCUT2D eigenvalue weighted by atomic mass is 9.84. The summed E-state index contributed by atoms with van der Waals surface area (Å²) in [6.45, 7) is 14.0. The molecule has 0 spiro atoms.